The fourth-order valence-electron chi connectivity index (χ4n) is 0.898. The van der Waals surface area contributed by atoms with Gasteiger partial charge in [0.2, 0.25) is 0 Å². The standard InChI is InChI=1S/C8H6F4N2O/c9-7-2-1-6(15-8(10,11)12)3-5(7)4-14-13/h1-4H,13H2. The summed E-state index contributed by atoms with van der Waals surface area (Å²) in [4.78, 5) is 0. The first-order chi connectivity index (χ1) is 6.92. The Balaban J connectivity index is 2.97. The van der Waals surface area contributed by atoms with Crippen molar-refractivity contribution >= 4 is 6.21 Å². The number of nitrogens with two attached hydrogens (primary N) is 1. The van der Waals surface area contributed by atoms with Gasteiger partial charge in [-0.05, 0) is 18.2 Å². The molecule has 0 aliphatic heterocycles. The largest absolute Gasteiger partial charge is 0.573 e. The second-order valence-electron chi connectivity index (χ2n) is 2.51. The lowest BCUT2D eigenvalue weighted by Gasteiger charge is -2.09. The molecule has 0 saturated carbocycles. The molecule has 0 bridgehead atoms. The highest BCUT2D eigenvalue weighted by Gasteiger charge is 2.31. The highest BCUT2D eigenvalue weighted by atomic mass is 19.4. The SMILES string of the molecule is NN=Cc1cc(OC(F)(F)F)ccc1F. The van der Waals surface area contributed by atoms with Gasteiger partial charge in [0.25, 0.3) is 0 Å². The molecule has 82 valence electrons. The minimum absolute atomic E-state index is 0.181. The van der Waals surface area contributed by atoms with Crippen molar-refractivity contribution in [3.63, 3.8) is 0 Å². The number of rotatable bonds is 2. The summed E-state index contributed by atoms with van der Waals surface area (Å²) >= 11 is 0. The van der Waals surface area contributed by atoms with Crippen LogP contribution < -0.4 is 10.6 Å². The highest BCUT2D eigenvalue weighted by molar-refractivity contribution is 5.80. The average molecular weight is 222 g/mol. The first-order valence-electron chi connectivity index (χ1n) is 3.71. The van der Waals surface area contributed by atoms with Gasteiger partial charge in [-0.1, -0.05) is 0 Å². The minimum atomic E-state index is -4.81. The van der Waals surface area contributed by atoms with Crippen molar-refractivity contribution in [1.82, 2.24) is 0 Å². The Morgan fingerprint density at radius 1 is 1.33 bits per heavy atom. The van der Waals surface area contributed by atoms with Crippen molar-refractivity contribution in [3.05, 3.63) is 29.6 Å². The van der Waals surface area contributed by atoms with E-state index >= 15 is 0 Å². The minimum Gasteiger partial charge on any atom is -0.406 e. The maximum atomic E-state index is 12.9. The molecule has 0 atom stereocenters. The number of benzene rings is 1. The molecule has 0 fully saturated rings. The molecule has 7 heteroatoms. The van der Waals surface area contributed by atoms with E-state index in [4.69, 9.17) is 5.84 Å². The lowest BCUT2D eigenvalue weighted by Crippen LogP contribution is -2.17. The quantitative estimate of drug-likeness (QED) is 0.360. The van der Waals surface area contributed by atoms with E-state index in [0.29, 0.717) is 0 Å². The molecule has 1 rings (SSSR count). The van der Waals surface area contributed by atoms with Gasteiger partial charge in [-0.2, -0.15) is 5.10 Å². The molecule has 2 N–H and O–H groups in total. The van der Waals surface area contributed by atoms with Crippen LogP contribution in [0.2, 0.25) is 0 Å². The van der Waals surface area contributed by atoms with Crippen molar-refractivity contribution in [2.24, 2.45) is 10.9 Å². The topological polar surface area (TPSA) is 47.6 Å². The lowest BCUT2D eigenvalue weighted by atomic mass is 10.2. The number of hydrogen-bond acceptors (Lipinski definition) is 3. The van der Waals surface area contributed by atoms with Crippen LogP contribution in [0.3, 0.4) is 0 Å². The second-order valence-corrected chi connectivity index (χ2v) is 2.51. The van der Waals surface area contributed by atoms with Gasteiger partial charge in [0.15, 0.2) is 0 Å². The van der Waals surface area contributed by atoms with Gasteiger partial charge in [0, 0.05) is 5.56 Å². The van der Waals surface area contributed by atoms with E-state index < -0.39 is 17.9 Å². The lowest BCUT2D eigenvalue weighted by molar-refractivity contribution is -0.274. The van der Waals surface area contributed by atoms with E-state index in [1.807, 2.05) is 0 Å². The van der Waals surface area contributed by atoms with Crippen LogP contribution in [0.5, 0.6) is 5.75 Å². The monoisotopic (exact) mass is 222 g/mol. The molecule has 1 aromatic carbocycles. The van der Waals surface area contributed by atoms with Gasteiger partial charge in [0.1, 0.15) is 11.6 Å². The van der Waals surface area contributed by atoms with Crippen LogP contribution in [0.1, 0.15) is 5.56 Å². The number of ether oxygens (including phenoxy) is 1. The van der Waals surface area contributed by atoms with Gasteiger partial charge < -0.3 is 10.6 Å². The van der Waals surface area contributed by atoms with Gasteiger partial charge in [-0.3, -0.25) is 0 Å². The van der Waals surface area contributed by atoms with Crippen LogP contribution in [0.25, 0.3) is 0 Å². The summed E-state index contributed by atoms with van der Waals surface area (Å²) in [7, 11) is 0. The van der Waals surface area contributed by atoms with E-state index in [2.05, 4.69) is 9.84 Å². The van der Waals surface area contributed by atoms with Crippen molar-refractivity contribution in [2.45, 2.75) is 6.36 Å². The van der Waals surface area contributed by atoms with Gasteiger partial charge in [-0.15, -0.1) is 13.2 Å². The zero-order valence-corrected chi connectivity index (χ0v) is 7.25. The molecule has 3 nitrogen and oxygen atoms in total. The average Bonchev–Trinajstić information content (AvgIpc) is 2.09. The van der Waals surface area contributed by atoms with Crippen LogP contribution in [0.4, 0.5) is 17.6 Å². The summed E-state index contributed by atoms with van der Waals surface area (Å²) in [6.45, 7) is 0. The van der Waals surface area contributed by atoms with E-state index in [1.54, 1.807) is 0 Å². The zero-order valence-electron chi connectivity index (χ0n) is 7.25. The fraction of sp³-hybridized carbons (Fsp3) is 0.125. The Morgan fingerprint density at radius 2 is 2.00 bits per heavy atom. The van der Waals surface area contributed by atoms with Gasteiger partial charge >= 0.3 is 6.36 Å². The molecule has 0 aliphatic rings. The Kier molecular flexibility index (Phi) is 3.13. The van der Waals surface area contributed by atoms with Gasteiger partial charge in [-0.25, -0.2) is 4.39 Å². The number of hydrogen-bond donors (Lipinski definition) is 1. The summed E-state index contributed by atoms with van der Waals surface area (Å²) in [6, 6.07) is 2.54. The summed E-state index contributed by atoms with van der Waals surface area (Å²) in [5.74, 6) is 3.48. The Labute approximate surface area is 82.1 Å². The van der Waals surface area contributed by atoms with Crippen molar-refractivity contribution in [3.8, 4) is 5.75 Å². The second kappa shape index (κ2) is 4.16. The maximum absolute atomic E-state index is 12.9. The molecule has 1 aromatic rings. The number of alkyl halides is 3. The van der Waals surface area contributed by atoms with E-state index in [-0.39, 0.29) is 5.56 Å². The predicted molar refractivity (Wildman–Crippen MR) is 44.9 cm³/mol. The van der Waals surface area contributed by atoms with Crippen LogP contribution in [0, 0.1) is 5.82 Å². The third-order valence-corrected chi connectivity index (χ3v) is 1.41. The fourth-order valence-corrected chi connectivity index (χ4v) is 0.898. The van der Waals surface area contributed by atoms with E-state index in [9.17, 15) is 17.6 Å². The van der Waals surface area contributed by atoms with Crippen LogP contribution in [0.15, 0.2) is 23.3 Å². The molecule has 0 heterocycles. The van der Waals surface area contributed by atoms with Crippen LogP contribution in [-0.4, -0.2) is 12.6 Å². The van der Waals surface area contributed by atoms with Gasteiger partial charge in [0.05, 0.1) is 6.21 Å². The highest BCUT2D eigenvalue weighted by Crippen LogP contribution is 2.23. The molecule has 0 aromatic heterocycles. The summed E-state index contributed by atoms with van der Waals surface area (Å²) in [5, 5.41) is 3.00. The molecule has 0 saturated heterocycles. The Bertz CT molecular complexity index is 375. The molecule has 0 aliphatic carbocycles. The van der Waals surface area contributed by atoms with E-state index in [1.165, 1.54) is 0 Å². The molecule has 0 amide bonds. The number of nitrogens with zero attached hydrogens (tertiary/aromatic N) is 1. The molecule has 0 unspecified atom stereocenters. The summed E-state index contributed by atoms with van der Waals surface area (Å²) in [5.41, 5.74) is -0.181. The molecule has 0 radical (unpaired) electrons. The van der Waals surface area contributed by atoms with Crippen LogP contribution >= 0.6 is 0 Å². The molecular weight excluding hydrogens is 216 g/mol. The van der Waals surface area contributed by atoms with Crippen LogP contribution in [-0.2, 0) is 0 Å². The molecular formula is C8H6F4N2O. The smallest absolute Gasteiger partial charge is 0.406 e. The predicted octanol–water partition coefficient (Wildman–Crippen LogP) is 2.02. The van der Waals surface area contributed by atoms with Crippen molar-refractivity contribution < 1.29 is 22.3 Å². The first-order valence-corrected chi connectivity index (χ1v) is 3.71. The third kappa shape index (κ3) is 3.45. The molecule has 15 heavy (non-hydrogen) atoms. The Hall–Kier alpha value is -1.79. The number of hydrazone groups is 1. The molecule has 0 spiro atoms. The summed E-state index contributed by atoms with van der Waals surface area (Å²) in [6.07, 6.45) is -3.92. The van der Waals surface area contributed by atoms with Crippen molar-refractivity contribution in [2.75, 3.05) is 0 Å². The third-order valence-electron chi connectivity index (χ3n) is 1.41. The number of halogens is 4. The van der Waals surface area contributed by atoms with E-state index in [0.717, 1.165) is 24.4 Å². The maximum Gasteiger partial charge on any atom is 0.573 e. The zero-order chi connectivity index (χ0) is 11.5. The normalized spacial score (nSPS) is 12.0. The Morgan fingerprint density at radius 3 is 2.53 bits per heavy atom. The van der Waals surface area contributed by atoms with Crippen molar-refractivity contribution in [1.29, 1.82) is 0 Å². The summed E-state index contributed by atoms with van der Waals surface area (Å²) < 4.78 is 51.8. The first kappa shape index (κ1) is 11.3.